The topological polar surface area (TPSA) is 247 Å². The van der Waals surface area contributed by atoms with Gasteiger partial charge in [-0.25, -0.2) is 0 Å². The predicted molar refractivity (Wildman–Crippen MR) is 33.7 cm³/mol. The van der Waals surface area contributed by atoms with E-state index in [9.17, 15) is 2.81 Å². The Morgan fingerprint density at radius 1 is 0.818 bits per heavy atom. The number of rotatable bonds is 0. The van der Waals surface area contributed by atoms with E-state index in [4.69, 9.17) is 9.79 Å². The summed E-state index contributed by atoms with van der Waals surface area (Å²) in [4.78, 5) is 0. The zero-order chi connectivity index (χ0) is 4.50. The molecule has 9 nitrogen and oxygen atoms in total. The number of hydrogen-bond donors (Lipinski definition) is 2. The van der Waals surface area contributed by atoms with E-state index in [0.717, 1.165) is 0 Å². The van der Waals surface area contributed by atoms with Crippen molar-refractivity contribution in [2.75, 3.05) is 0 Å². The molecule has 11 heteroatoms. The first-order valence-electron chi connectivity index (χ1n) is 0.752. The van der Waals surface area contributed by atoms with Crippen molar-refractivity contribution in [1.29, 1.82) is 0 Å². The van der Waals surface area contributed by atoms with Crippen LogP contribution in [0.4, 0.5) is 2.81 Å². The molecule has 0 rings (SSSR count). The van der Waals surface area contributed by atoms with Gasteiger partial charge in [-0.1, -0.05) is 0 Å². The van der Waals surface area contributed by atoms with Crippen LogP contribution in [0, 0.1) is 0 Å². The standard InChI is InChI=1S/FH.8H2O.O.Sb/h1H;8*1H2;;/q;;;;;;;;;;+3/p-3. The van der Waals surface area contributed by atoms with Crippen molar-refractivity contribution in [3.63, 3.8) is 0 Å². The van der Waals surface area contributed by atoms with E-state index in [1.165, 1.54) is 0 Å². The Bertz CT molecular complexity index is 55.7. The van der Waals surface area contributed by atoms with Crippen molar-refractivity contribution in [1.82, 2.24) is 0 Å². The third kappa shape index (κ3) is 13300. The molecule has 0 fully saturated rings. The average Bonchev–Trinajstić information content (AvgIpc) is 0.722. The normalized spacial score (nSPS) is 5.36. The van der Waals surface area contributed by atoms with E-state index in [2.05, 4.69) is 0 Å². The van der Waals surface area contributed by atoms with Gasteiger partial charge in [0.2, 0.25) is 0 Å². The van der Waals surface area contributed by atoms with Gasteiger partial charge >= 0.3 is 32.8 Å². The second kappa shape index (κ2) is 22.5. The summed E-state index contributed by atoms with van der Waals surface area (Å²) in [6, 6.07) is 0. The van der Waals surface area contributed by atoms with Gasteiger partial charge in [-0.3, -0.25) is 0 Å². The number of halogens is 1. The Kier molecular flexibility index (Phi) is 134. The summed E-state index contributed by atoms with van der Waals surface area (Å²) in [5.74, 6) is 0. The molecule has 14 N–H and O–H groups in total. The first-order chi connectivity index (χ1) is 2.00. The molecule has 0 amide bonds. The van der Waals surface area contributed by atoms with Crippen molar-refractivity contribution in [3.05, 3.63) is 0 Å². The van der Waals surface area contributed by atoms with Crippen molar-refractivity contribution >= 4 is 20.2 Å². The molecule has 0 heterocycles. The van der Waals surface area contributed by atoms with Crippen LogP contribution in [0.15, 0.2) is 0 Å². The van der Waals surface area contributed by atoms with E-state index in [1.807, 2.05) is 0 Å². The number of hydrogen-bond acceptors (Lipinski definition) is 1. The molecule has 0 aliphatic heterocycles. The Hall–Kier alpha value is 0.228. The fourth-order valence-electron chi connectivity index (χ4n) is 0. The predicted octanol–water partition coefficient (Wildman–Crippen LogP) is -6.14. The molecule has 0 unspecified atom stereocenters. The minimum absolute atomic E-state index is 0. The molecule has 0 aromatic carbocycles. The molecule has 0 bridgehead atoms. The summed E-state index contributed by atoms with van der Waals surface area (Å²) in [6.07, 6.45) is 0. The van der Waals surface area contributed by atoms with Crippen LogP contribution in [0.25, 0.3) is 0 Å². The summed E-state index contributed by atoms with van der Waals surface area (Å²) >= 11 is -5.85. The molecule has 0 aliphatic carbocycles. The Morgan fingerprint density at radius 3 is 0.818 bits per heavy atom. The molecule has 0 saturated heterocycles. The molecular weight excluding hydrogens is 285 g/mol. The van der Waals surface area contributed by atoms with Gasteiger partial charge in [0.1, 0.15) is 0 Å². The van der Waals surface area contributed by atoms with Gasteiger partial charge in [-0.05, 0) is 0 Å². The second-order valence-corrected chi connectivity index (χ2v) is 3.17. The van der Waals surface area contributed by atoms with Gasteiger partial charge in [0, 0.05) is 0 Å². The first-order valence-corrected chi connectivity index (χ1v) is 5.04. The van der Waals surface area contributed by atoms with Gasteiger partial charge in [-0.2, -0.15) is 0 Å². The van der Waals surface area contributed by atoms with Gasteiger partial charge in [0.15, 0.2) is 0 Å². The van der Waals surface area contributed by atoms with E-state index >= 15 is 0 Å². The molecule has 0 aromatic heterocycles. The Morgan fingerprint density at radius 2 is 0.818 bits per heavy atom. The van der Waals surface area contributed by atoms with Crippen molar-refractivity contribution in [3.8, 4) is 0 Å². The summed E-state index contributed by atoms with van der Waals surface area (Å²) in [5.41, 5.74) is 0. The summed E-state index contributed by atoms with van der Waals surface area (Å²) < 4.78 is 33.3. The quantitative estimate of drug-likeness (QED) is 0.414. The maximum absolute atomic E-state index is 10.4. The average molecular weight is 299 g/mol. The third-order valence-corrected chi connectivity index (χ3v) is 0. The monoisotopic (exact) mass is 298 g/mol. The van der Waals surface area contributed by atoms with E-state index in [0.29, 0.717) is 0 Å². The minimum atomic E-state index is -5.85. The van der Waals surface area contributed by atoms with Crippen LogP contribution in [0.2, 0.25) is 0 Å². The van der Waals surface area contributed by atoms with Crippen LogP contribution in [0.3, 0.4) is 0 Å². The molecule has 11 heavy (non-hydrogen) atoms. The van der Waals surface area contributed by atoms with Crippen LogP contribution in [0.1, 0.15) is 0 Å². The molecule has 0 atom stereocenters. The Balaban J connectivity index is -0.00000000533. The summed E-state index contributed by atoms with van der Waals surface area (Å²) in [6.45, 7) is 0. The van der Waals surface area contributed by atoms with Crippen LogP contribution < -0.4 is 0 Å². The van der Waals surface area contributed by atoms with Crippen molar-refractivity contribution in [2.24, 2.45) is 0 Å². The third-order valence-electron chi connectivity index (χ3n) is 0. The van der Waals surface area contributed by atoms with E-state index in [-0.39, 0.29) is 32.9 Å². The Labute approximate surface area is 66.2 Å². The van der Waals surface area contributed by atoms with Gasteiger partial charge in [0.25, 0.3) is 0 Å². The maximum atomic E-state index is 10.4. The molecule has 80 valence electrons. The second-order valence-electron chi connectivity index (χ2n) is 0.473. The summed E-state index contributed by atoms with van der Waals surface area (Å²) in [7, 11) is 0. The van der Waals surface area contributed by atoms with E-state index in [1.54, 1.807) is 0 Å². The van der Waals surface area contributed by atoms with Crippen molar-refractivity contribution in [2.45, 2.75) is 0 Å². The zero-order valence-electron chi connectivity index (χ0n) is 5.13. The van der Waals surface area contributed by atoms with Gasteiger partial charge < -0.3 is 32.9 Å². The first kappa shape index (κ1) is 65.7. The van der Waals surface area contributed by atoms with Crippen LogP contribution in [-0.4, -0.2) is 59.8 Å². The fraction of sp³-hybridized carbons (Fsp3) is 0. The molecule has 0 saturated carbocycles. The summed E-state index contributed by atoms with van der Waals surface area (Å²) in [5, 5.41) is 0. The van der Waals surface area contributed by atoms with Crippen molar-refractivity contribution < 1.29 is 45.5 Å². The van der Waals surface area contributed by atoms with Crippen LogP contribution >= 0.6 is 0 Å². The molecule has 0 radical (unpaired) electrons. The fourth-order valence-corrected chi connectivity index (χ4v) is 0. The van der Waals surface area contributed by atoms with Crippen LogP contribution in [-0.2, 0) is 3.02 Å². The molecule has 0 aromatic rings. The van der Waals surface area contributed by atoms with E-state index < -0.39 is 20.2 Å². The van der Waals surface area contributed by atoms with Gasteiger partial charge in [-0.15, -0.1) is 0 Å². The molecular formula is H14FO9Sb. The van der Waals surface area contributed by atoms with Crippen LogP contribution in [0.5, 0.6) is 0 Å². The molecule has 0 aliphatic rings. The zero-order valence-corrected chi connectivity index (χ0v) is 7.68. The SMILES string of the molecule is O.O.O.O.O.O.[O]=[Sb]([OH])([OH])[F]. The van der Waals surface area contributed by atoms with Gasteiger partial charge in [0.05, 0.1) is 0 Å². The molecule has 0 spiro atoms.